The zero-order chi connectivity index (χ0) is 18.6. The average Bonchev–Trinajstić information content (AvgIpc) is 3.24. The number of hydrogen-bond acceptors (Lipinski definition) is 5. The van der Waals surface area contributed by atoms with Crippen LogP contribution in [0.1, 0.15) is 24.5 Å². The van der Waals surface area contributed by atoms with Gasteiger partial charge in [0.15, 0.2) is 0 Å². The molecule has 0 saturated carbocycles. The molecule has 7 nitrogen and oxygen atoms in total. The molecule has 1 unspecified atom stereocenters. The van der Waals surface area contributed by atoms with Crippen molar-refractivity contribution >= 4 is 5.91 Å². The van der Waals surface area contributed by atoms with Crippen LogP contribution in [0.2, 0.25) is 0 Å². The van der Waals surface area contributed by atoms with Crippen LogP contribution in [0, 0.1) is 0 Å². The largest absolute Gasteiger partial charge is 0.497 e. The number of aromatic nitrogens is 2. The molecule has 3 heterocycles. The lowest BCUT2D eigenvalue weighted by molar-refractivity contribution is -0.146. The number of morpholine rings is 1. The summed E-state index contributed by atoms with van der Waals surface area (Å²) in [4.78, 5) is 14.6. The van der Waals surface area contributed by atoms with Gasteiger partial charge in [0.25, 0.3) is 5.91 Å². The van der Waals surface area contributed by atoms with Crippen LogP contribution in [0.5, 0.6) is 5.75 Å². The van der Waals surface area contributed by atoms with Crippen LogP contribution in [-0.4, -0.2) is 67.0 Å². The molecule has 1 atom stereocenters. The first kappa shape index (κ1) is 18.0. The van der Waals surface area contributed by atoms with Crippen molar-refractivity contribution < 1.29 is 14.3 Å². The molecule has 0 spiro atoms. The van der Waals surface area contributed by atoms with Gasteiger partial charge in [0.1, 0.15) is 11.9 Å². The molecule has 2 aromatic rings. The summed E-state index contributed by atoms with van der Waals surface area (Å²) in [5, 5.41) is 10.7. The second kappa shape index (κ2) is 8.10. The highest BCUT2D eigenvalue weighted by Crippen LogP contribution is 2.35. The third kappa shape index (κ3) is 3.84. The standard InChI is InChI=1S/C20H26N4O3/c1-26-16-4-2-3-15(11-16)17-12-22-23-19(17)14-5-8-24(9-6-14)20(25)18-13-21-7-10-27-18/h2-4,11-12,14,18,21H,5-10,13H2,1H3,(H,22,23). The number of ether oxygens (including phenoxy) is 2. The van der Waals surface area contributed by atoms with E-state index in [9.17, 15) is 4.79 Å². The maximum absolute atomic E-state index is 12.6. The highest BCUT2D eigenvalue weighted by Gasteiger charge is 2.31. The number of aromatic amines is 1. The van der Waals surface area contributed by atoms with Gasteiger partial charge in [-0.05, 0) is 30.5 Å². The number of benzene rings is 1. The maximum atomic E-state index is 12.6. The zero-order valence-electron chi connectivity index (χ0n) is 15.6. The van der Waals surface area contributed by atoms with Crippen molar-refractivity contribution in [3.8, 4) is 16.9 Å². The first-order valence-electron chi connectivity index (χ1n) is 9.55. The monoisotopic (exact) mass is 370 g/mol. The lowest BCUT2D eigenvalue weighted by Crippen LogP contribution is -2.51. The van der Waals surface area contributed by atoms with E-state index < -0.39 is 0 Å². The molecular weight excluding hydrogens is 344 g/mol. The molecule has 2 aliphatic heterocycles. The summed E-state index contributed by atoms with van der Waals surface area (Å²) in [6.45, 7) is 3.53. The van der Waals surface area contributed by atoms with Crippen molar-refractivity contribution in [1.82, 2.24) is 20.4 Å². The van der Waals surface area contributed by atoms with Crippen LogP contribution in [0.25, 0.3) is 11.1 Å². The van der Waals surface area contributed by atoms with E-state index in [0.717, 1.165) is 55.0 Å². The Hall–Kier alpha value is -2.38. The molecule has 1 aromatic carbocycles. The maximum Gasteiger partial charge on any atom is 0.253 e. The van der Waals surface area contributed by atoms with E-state index in [-0.39, 0.29) is 12.0 Å². The number of likely N-dealkylation sites (tertiary alicyclic amines) is 1. The third-order valence-electron chi connectivity index (χ3n) is 5.47. The van der Waals surface area contributed by atoms with Crippen LogP contribution in [-0.2, 0) is 9.53 Å². The average molecular weight is 370 g/mol. The van der Waals surface area contributed by atoms with Gasteiger partial charge in [0, 0.05) is 43.4 Å². The molecule has 2 saturated heterocycles. The van der Waals surface area contributed by atoms with Crippen LogP contribution in [0.3, 0.4) is 0 Å². The van der Waals surface area contributed by atoms with Crippen LogP contribution in [0.15, 0.2) is 30.5 Å². The SMILES string of the molecule is COc1cccc(-c2cn[nH]c2C2CCN(C(=O)C3CNCCO3)CC2)c1. The Morgan fingerprint density at radius 2 is 2.19 bits per heavy atom. The van der Waals surface area contributed by atoms with E-state index in [0.29, 0.717) is 19.1 Å². The van der Waals surface area contributed by atoms with Crippen molar-refractivity contribution in [3.63, 3.8) is 0 Å². The normalized spacial score (nSPS) is 21.2. The Morgan fingerprint density at radius 1 is 1.33 bits per heavy atom. The van der Waals surface area contributed by atoms with Gasteiger partial charge < -0.3 is 19.7 Å². The Morgan fingerprint density at radius 3 is 2.93 bits per heavy atom. The van der Waals surface area contributed by atoms with Crippen LogP contribution >= 0.6 is 0 Å². The van der Waals surface area contributed by atoms with E-state index in [1.165, 1.54) is 0 Å². The van der Waals surface area contributed by atoms with Gasteiger partial charge in [-0.15, -0.1) is 0 Å². The Bertz CT molecular complexity index is 777. The number of carbonyl (C=O) groups excluding carboxylic acids is 1. The number of amides is 1. The van der Waals surface area contributed by atoms with Crippen molar-refractivity contribution in [2.24, 2.45) is 0 Å². The summed E-state index contributed by atoms with van der Waals surface area (Å²) in [5.74, 6) is 1.31. The highest BCUT2D eigenvalue weighted by molar-refractivity contribution is 5.81. The predicted octanol–water partition coefficient (Wildman–Crippen LogP) is 1.78. The van der Waals surface area contributed by atoms with Crippen LogP contribution < -0.4 is 10.1 Å². The minimum Gasteiger partial charge on any atom is -0.497 e. The molecule has 0 bridgehead atoms. The predicted molar refractivity (Wildman–Crippen MR) is 102 cm³/mol. The number of nitrogens with zero attached hydrogens (tertiary/aromatic N) is 2. The van der Waals surface area contributed by atoms with Gasteiger partial charge in [-0.1, -0.05) is 12.1 Å². The number of H-pyrrole nitrogens is 1. The van der Waals surface area contributed by atoms with E-state index >= 15 is 0 Å². The van der Waals surface area contributed by atoms with Crippen molar-refractivity contribution in [2.45, 2.75) is 24.9 Å². The first-order chi connectivity index (χ1) is 13.3. The number of rotatable bonds is 4. The summed E-state index contributed by atoms with van der Waals surface area (Å²) in [7, 11) is 1.67. The summed E-state index contributed by atoms with van der Waals surface area (Å²) in [5.41, 5.74) is 3.35. The fourth-order valence-corrected chi connectivity index (χ4v) is 3.94. The number of nitrogens with one attached hydrogen (secondary N) is 2. The van der Waals surface area contributed by atoms with Gasteiger partial charge in [-0.2, -0.15) is 5.10 Å². The zero-order valence-corrected chi connectivity index (χ0v) is 15.6. The number of hydrogen-bond donors (Lipinski definition) is 2. The minimum absolute atomic E-state index is 0.110. The molecule has 144 valence electrons. The molecule has 7 heteroatoms. The third-order valence-corrected chi connectivity index (χ3v) is 5.47. The molecule has 0 radical (unpaired) electrons. The lowest BCUT2D eigenvalue weighted by Gasteiger charge is -2.35. The molecule has 0 aliphatic carbocycles. The van der Waals surface area contributed by atoms with E-state index in [1.54, 1.807) is 7.11 Å². The number of carbonyl (C=O) groups is 1. The molecule has 4 rings (SSSR count). The smallest absolute Gasteiger partial charge is 0.253 e. The van der Waals surface area contributed by atoms with E-state index in [2.05, 4.69) is 21.6 Å². The Balaban J connectivity index is 1.43. The Kier molecular flexibility index (Phi) is 5.40. The topological polar surface area (TPSA) is 79.5 Å². The van der Waals surface area contributed by atoms with Gasteiger partial charge in [-0.3, -0.25) is 9.89 Å². The molecule has 1 aromatic heterocycles. The van der Waals surface area contributed by atoms with E-state index in [4.69, 9.17) is 9.47 Å². The minimum atomic E-state index is -0.338. The highest BCUT2D eigenvalue weighted by atomic mass is 16.5. The van der Waals surface area contributed by atoms with Gasteiger partial charge in [0.2, 0.25) is 0 Å². The molecule has 1 amide bonds. The summed E-state index contributed by atoms with van der Waals surface area (Å²) in [6.07, 6.45) is 3.38. The van der Waals surface area contributed by atoms with Crippen molar-refractivity contribution in [1.29, 1.82) is 0 Å². The van der Waals surface area contributed by atoms with Crippen molar-refractivity contribution in [2.75, 3.05) is 39.9 Å². The quantitative estimate of drug-likeness (QED) is 0.858. The van der Waals surface area contributed by atoms with Crippen LogP contribution in [0.4, 0.5) is 0 Å². The number of piperidine rings is 1. The van der Waals surface area contributed by atoms with Crippen molar-refractivity contribution in [3.05, 3.63) is 36.2 Å². The summed E-state index contributed by atoms with van der Waals surface area (Å²) in [6, 6.07) is 8.03. The first-order valence-corrected chi connectivity index (χ1v) is 9.55. The fourth-order valence-electron chi connectivity index (χ4n) is 3.94. The van der Waals surface area contributed by atoms with Gasteiger partial charge in [-0.25, -0.2) is 0 Å². The second-order valence-electron chi connectivity index (χ2n) is 7.09. The second-order valence-corrected chi connectivity index (χ2v) is 7.09. The van der Waals surface area contributed by atoms with Gasteiger partial charge >= 0.3 is 0 Å². The Labute approximate surface area is 159 Å². The molecular formula is C20H26N4O3. The molecule has 27 heavy (non-hydrogen) atoms. The summed E-state index contributed by atoms with van der Waals surface area (Å²) < 4.78 is 11.0. The summed E-state index contributed by atoms with van der Waals surface area (Å²) >= 11 is 0. The van der Waals surface area contributed by atoms with Gasteiger partial charge in [0.05, 0.1) is 19.9 Å². The lowest BCUT2D eigenvalue weighted by atomic mass is 9.89. The molecule has 2 aliphatic rings. The molecule has 2 N–H and O–H groups in total. The fraction of sp³-hybridized carbons (Fsp3) is 0.500. The van der Waals surface area contributed by atoms with E-state index in [1.807, 2.05) is 29.3 Å². The number of methoxy groups -OCH3 is 1. The molecule has 2 fully saturated rings.